The first kappa shape index (κ1) is 14.6. The molecule has 1 N–H and O–H groups in total. The fraction of sp³-hybridized carbons (Fsp3) is 0.462. The van der Waals surface area contributed by atoms with Crippen LogP contribution in [0.25, 0.3) is 0 Å². The monoisotopic (exact) mass is 300 g/mol. The van der Waals surface area contributed by atoms with Gasteiger partial charge in [-0.05, 0) is 18.9 Å². The van der Waals surface area contributed by atoms with E-state index in [1.54, 1.807) is 0 Å². The van der Waals surface area contributed by atoms with Crippen molar-refractivity contribution < 1.29 is 27.8 Å². The van der Waals surface area contributed by atoms with Crippen LogP contribution in [0.15, 0.2) is 17.0 Å². The SMILES string of the molecule is COc1cc(C2(C(=O)O)CC2)c(OC)c(S(C)(=O)=O)c1. The Hall–Kier alpha value is -1.76. The Morgan fingerprint density at radius 2 is 1.85 bits per heavy atom. The molecule has 6 nitrogen and oxygen atoms in total. The summed E-state index contributed by atoms with van der Waals surface area (Å²) < 4.78 is 34.0. The standard InChI is InChI=1S/C13H16O6S/c1-18-8-6-9(13(4-5-13)12(14)15)11(19-2)10(7-8)20(3,16)17/h6-7H,4-5H2,1-3H3,(H,14,15). The Bertz CT molecular complexity index is 658. The van der Waals surface area contributed by atoms with Crippen molar-refractivity contribution >= 4 is 15.8 Å². The summed E-state index contributed by atoms with van der Waals surface area (Å²) in [4.78, 5) is 11.4. The molecule has 0 radical (unpaired) electrons. The van der Waals surface area contributed by atoms with Crippen molar-refractivity contribution in [3.63, 3.8) is 0 Å². The Morgan fingerprint density at radius 3 is 2.20 bits per heavy atom. The van der Waals surface area contributed by atoms with E-state index >= 15 is 0 Å². The molecule has 0 amide bonds. The van der Waals surface area contributed by atoms with Crippen LogP contribution in [0.4, 0.5) is 0 Å². The van der Waals surface area contributed by atoms with E-state index in [0.717, 1.165) is 6.26 Å². The lowest BCUT2D eigenvalue weighted by atomic mass is 9.95. The Kier molecular flexibility index (Phi) is 3.41. The summed E-state index contributed by atoms with van der Waals surface area (Å²) in [6.07, 6.45) is 1.96. The summed E-state index contributed by atoms with van der Waals surface area (Å²) in [6, 6.07) is 2.88. The highest BCUT2D eigenvalue weighted by molar-refractivity contribution is 7.90. The van der Waals surface area contributed by atoms with Crippen molar-refractivity contribution in [2.24, 2.45) is 0 Å². The summed E-state index contributed by atoms with van der Waals surface area (Å²) in [5.74, 6) is -0.592. The molecule has 0 bridgehead atoms. The quantitative estimate of drug-likeness (QED) is 0.879. The second kappa shape index (κ2) is 4.66. The number of rotatable bonds is 5. The number of aliphatic carboxylic acids is 1. The molecule has 1 aromatic carbocycles. The molecule has 0 spiro atoms. The first-order chi connectivity index (χ1) is 9.26. The molecular weight excluding hydrogens is 284 g/mol. The molecule has 0 unspecified atom stereocenters. The van der Waals surface area contributed by atoms with E-state index in [2.05, 4.69) is 0 Å². The number of hydrogen-bond acceptors (Lipinski definition) is 5. The molecule has 2 rings (SSSR count). The zero-order chi connectivity index (χ0) is 15.1. The Balaban J connectivity index is 2.77. The van der Waals surface area contributed by atoms with Crippen LogP contribution in [0, 0.1) is 0 Å². The van der Waals surface area contributed by atoms with Crippen LogP contribution < -0.4 is 9.47 Å². The van der Waals surface area contributed by atoms with Crippen molar-refractivity contribution in [3.8, 4) is 11.5 Å². The smallest absolute Gasteiger partial charge is 0.314 e. The maximum Gasteiger partial charge on any atom is 0.314 e. The van der Waals surface area contributed by atoms with E-state index < -0.39 is 21.2 Å². The van der Waals surface area contributed by atoms with Crippen molar-refractivity contribution in [1.29, 1.82) is 0 Å². The molecule has 110 valence electrons. The van der Waals surface area contributed by atoms with Crippen LogP contribution >= 0.6 is 0 Å². The van der Waals surface area contributed by atoms with Crippen molar-refractivity contribution in [2.45, 2.75) is 23.2 Å². The van der Waals surface area contributed by atoms with E-state index in [-0.39, 0.29) is 10.6 Å². The van der Waals surface area contributed by atoms with Crippen LogP contribution in [0.5, 0.6) is 11.5 Å². The van der Waals surface area contributed by atoms with E-state index in [4.69, 9.17) is 9.47 Å². The molecule has 1 aliphatic rings. The van der Waals surface area contributed by atoms with Crippen LogP contribution in [-0.2, 0) is 20.0 Å². The third-order valence-corrected chi connectivity index (χ3v) is 4.64. The Morgan fingerprint density at radius 1 is 1.25 bits per heavy atom. The van der Waals surface area contributed by atoms with Crippen molar-refractivity contribution in [1.82, 2.24) is 0 Å². The number of benzene rings is 1. The largest absolute Gasteiger partial charge is 0.497 e. The number of methoxy groups -OCH3 is 2. The van der Waals surface area contributed by atoms with Crippen LogP contribution in [-0.4, -0.2) is 40.0 Å². The molecule has 0 saturated heterocycles. The van der Waals surface area contributed by atoms with Crippen LogP contribution in [0.3, 0.4) is 0 Å². The number of carbonyl (C=O) groups is 1. The van der Waals surface area contributed by atoms with Gasteiger partial charge in [-0.3, -0.25) is 4.79 Å². The molecule has 1 saturated carbocycles. The molecule has 1 aromatic rings. The molecular formula is C13H16O6S. The summed E-state index contributed by atoms with van der Waals surface area (Å²) in [5, 5.41) is 9.39. The van der Waals surface area contributed by atoms with Gasteiger partial charge in [-0.25, -0.2) is 8.42 Å². The lowest BCUT2D eigenvalue weighted by molar-refractivity contribution is -0.140. The fourth-order valence-electron chi connectivity index (χ4n) is 2.26. The van der Waals surface area contributed by atoms with Crippen molar-refractivity contribution in [3.05, 3.63) is 17.7 Å². The van der Waals surface area contributed by atoms with Crippen LogP contribution in [0.1, 0.15) is 18.4 Å². The minimum Gasteiger partial charge on any atom is -0.497 e. The first-order valence-corrected chi connectivity index (χ1v) is 7.85. The maximum atomic E-state index is 11.9. The number of hydrogen-bond donors (Lipinski definition) is 1. The first-order valence-electron chi connectivity index (χ1n) is 5.96. The van der Waals surface area contributed by atoms with Gasteiger partial charge in [0.25, 0.3) is 0 Å². The van der Waals surface area contributed by atoms with E-state index in [9.17, 15) is 18.3 Å². The molecule has 7 heteroatoms. The van der Waals surface area contributed by atoms with Gasteiger partial charge in [0, 0.05) is 17.9 Å². The van der Waals surface area contributed by atoms with Gasteiger partial charge in [0.05, 0.1) is 19.6 Å². The van der Waals surface area contributed by atoms with Gasteiger partial charge in [0.15, 0.2) is 9.84 Å². The zero-order valence-corrected chi connectivity index (χ0v) is 12.3. The third-order valence-electron chi connectivity index (χ3n) is 3.54. The second-order valence-electron chi connectivity index (χ2n) is 4.87. The predicted molar refractivity (Wildman–Crippen MR) is 71.2 cm³/mol. The van der Waals surface area contributed by atoms with Gasteiger partial charge in [-0.2, -0.15) is 0 Å². The third kappa shape index (κ3) is 2.22. The molecule has 0 atom stereocenters. The predicted octanol–water partition coefficient (Wildman–Crippen LogP) is 1.22. The number of sulfone groups is 1. The lowest BCUT2D eigenvalue weighted by Gasteiger charge is -2.18. The minimum absolute atomic E-state index is 0.0538. The van der Waals surface area contributed by atoms with E-state index in [1.807, 2.05) is 0 Å². The fourth-order valence-corrected chi connectivity index (χ4v) is 3.12. The topological polar surface area (TPSA) is 89.9 Å². The highest BCUT2D eigenvalue weighted by Crippen LogP contribution is 2.53. The molecule has 0 heterocycles. The van der Waals surface area contributed by atoms with Crippen molar-refractivity contribution in [2.75, 3.05) is 20.5 Å². The highest BCUT2D eigenvalue weighted by Gasteiger charge is 2.54. The average Bonchev–Trinajstić information content (AvgIpc) is 3.17. The summed E-state index contributed by atoms with van der Waals surface area (Å²) in [7, 11) is -0.825. The van der Waals surface area contributed by atoms with Gasteiger partial charge < -0.3 is 14.6 Å². The molecule has 20 heavy (non-hydrogen) atoms. The van der Waals surface area contributed by atoms with Crippen LogP contribution in [0.2, 0.25) is 0 Å². The lowest BCUT2D eigenvalue weighted by Crippen LogP contribution is -2.21. The van der Waals surface area contributed by atoms with Gasteiger partial charge in [0.2, 0.25) is 0 Å². The van der Waals surface area contributed by atoms with Gasteiger partial charge in [-0.1, -0.05) is 0 Å². The normalized spacial score (nSPS) is 16.6. The van der Waals surface area contributed by atoms with Gasteiger partial charge in [0.1, 0.15) is 16.4 Å². The van der Waals surface area contributed by atoms with E-state index in [1.165, 1.54) is 26.4 Å². The average molecular weight is 300 g/mol. The second-order valence-corrected chi connectivity index (χ2v) is 6.85. The molecule has 1 aliphatic carbocycles. The summed E-state index contributed by atoms with van der Waals surface area (Å²) in [6.45, 7) is 0. The van der Waals surface area contributed by atoms with E-state index in [0.29, 0.717) is 24.2 Å². The highest BCUT2D eigenvalue weighted by atomic mass is 32.2. The number of carboxylic acids is 1. The molecule has 0 aliphatic heterocycles. The molecule has 0 aromatic heterocycles. The number of ether oxygens (including phenoxy) is 2. The summed E-state index contributed by atoms with van der Waals surface area (Å²) in [5.41, 5.74) is -0.716. The maximum absolute atomic E-state index is 11.9. The zero-order valence-electron chi connectivity index (χ0n) is 11.5. The number of carboxylic acid groups (broad SMARTS) is 1. The van der Waals surface area contributed by atoms with Gasteiger partial charge in [-0.15, -0.1) is 0 Å². The van der Waals surface area contributed by atoms with Gasteiger partial charge >= 0.3 is 5.97 Å². The Labute approximate surface area is 117 Å². The minimum atomic E-state index is -3.56. The summed E-state index contributed by atoms with van der Waals surface area (Å²) >= 11 is 0. The molecule has 1 fully saturated rings.